The smallest absolute Gasteiger partial charge is 0.242 e. The third-order valence-electron chi connectivity index (χ3n) is 3.80. The number of hydrogen-bond donors (Lipinski definition) is 1. The van der Waals surface area contributed by atoms with Crippen molar-refractivity contribution in [1.82, 2.24) is 14.5 Å². The molecule has 0 radical (unpaired) electrons. The van der Waals surface area contributed by atoms with Crippen molar-refractivity contribution in [1.29, 1.82) is 0 Å². The number of aliphatic hydroxyl groups is 1. The fourth-order valence-electron chi connectivity index (χ4n) is 2.72. The molecule has 1 aliphatic heterocycles. The van der Waals surface area contributed by atoms with E-state index < -0.39 is 6.10 Å². The van der Waals surface area contributed by atoms with E-state index in [1.54, 1.807) is 11.2 Å². The van der Waals surface area contributed by atoms with Crippen LogP contribution in [0, 0.1) is 0 Å². The molecule has 1 amide bonds. The van der Waals surface area contributed by atoms with Crippen molar-refractivity contribution in [2.75, 3.05) is 19.7 Å². The number of amides is 1. The van der Waals surface area contributed by atoms with Crippen molar-refractivity contribution in [2.24, 2.45) is 0 Å². The molecule has 0 bridgehead atoms. The molecule has 1 saturated heterocycles. The average molecular weight is 289 g/mol. The van der Waals surface area contributed by atoms with Gasteiger partial charge in [0.05, 0.1) is 23.5 Å². The quantitative estimate of drug-likeness (QED) is 0.897. The van der Waals surface area contributed by atoms with Crippen LogP contribution in [0.15, 0.2) is 30.6 Å². The second kappa shape index (κ2) is 5.83. The lowest BCUT2D eigenvalue weighted by Crippen LogP contribution is -2.32. The molecule has 112 valence electrons. The Morgan fingerprint density at radius 3 is 3.05 bits per heavy atom. The molecule has 0 spiro atoms. The normalized spacial score (nSPS) is 22.1. The molecular weight excluding hydrogens is 270 g/mol. The maximum Gasteiger partial charge on any atom is 0.242 e. The van der Waals surface area contributed by atoms with E-state index in [1.807, 2.05) is 35.8 Å². The number of fused-ring (bicyclic) bond motifs is 1. The summed E-state index contributed by atoms with van der Waals surface area (Å²) in [6.07, 6.45) is 0.793. The first-order valence-electron chi connectivity index (χ1n) is 7.16. The maximum absolute atomic E-state index is 12.4. The first kappa shape index (κ1) is 14.0. The largest absolute Gasteiger partial charge is 0.388 e. The number of β-amino-alcohol motifs (C(OH)–C–C–N with tert-alkyl or cyclic N) is 1. The number of nitrogens with zero attached hydrogens (tertiary/aromatic N) is 3. The van der Waals surface area contributed by atoms with Crippen molar-refractivity contribution in [3.05, 3.63) is 30.6 Å². The molecular formula is C15H19N3O3. The Morgan fingerprint density at radius 2 is 2.24 bits per heavy atom. The molecule has 2 aromatic rings. The summed E-state index contributed by atoms with van der Waals surface area (Å²) in [7, 11) is 0. The van der Waals surface area contributed by atoms with Gasteiger partial charge < -0.3 is 19.3 Å². The third-order valence-corrected chi connectivity index (χ3v) is 3.80. The molecule has 0 saturated carbocycles. The van der Waals surface area contributed by atoms with Gasteiger partial charge in [0.15, 0.2) is 0 Å². The fraction of sp³-hybridized carbons (Fsp3) is 0.467. The van der Waals surface area contributed by atoms with E-state index in [1.165, 1.54) is 0 Å². The molecule has 21 heavy (non-hydrogen) atoms. The summed E-state index contributed by atoms with van der Waals surface area (Å²) in [6.45, 7) is 3.42. The average Bonchev–Trinajstić information content (AvgIpc) is 3.05. The second-order valence-corrected chi connectivity index (χ2v) is 5.22. The Bertz CT molecular complexity index is 640. The molecule has 6 heteroatoms. The highest BCUT2D eigenvalue weighted by molar-refractivity contribution is 5.80. The van der Waals surface area contributed by atoms with Crippen molar-refractivity contribution in [3.8, 4) is 0 Å². The van der Waals surface area contributed by atoms with E-state index in [4.69, 9.17) is 4.74 Å². The number of ether oxygens (including phenoxy) is 1. The Kier molecular flexibility index (Phi) is 3.90. The lowest BCUT2D eigenvalue weighted by molar-refractivity contribution is -0.131. The predicted molar refractivity (Wildman–Crippen MR) is 77.7 cm³/mol. The summed E-state index contributed by atoms with van der Waals surface area (Å²) in [4.78, 5) is 18.3. The third kappa shape index (κ3) is 2.77. The molecule has 1 N–H and O–H groups in total. The van der Waals surface area contributed by atoms with Crippen molar-refractivity contribution in [3.63, 3.8) is 0 Å². The van der Waals surface area contributed by atoms with Gasteiger partial charge in [-0.3, -0.25) is 4.79 Å². The number of imidazole rings is 1. The molecule has 3 rings (SSSR count). The van der Waals surface area contributed by atoms with E-state index in [2.05, 4.69) is 4.98 Å². The van der Waals surface area contributed by atoms with Gasteiger partial charge in [-0.15, -0.1) is 0 Å². The number of hydrogen-bond acceptors (Lipinski definition) is 4. The Labute approximate surface area is 122 Å². The number of benzene rings is 1. The topological polar surface area (TPSA) is 67.6 Å². The summed E-state index contributed by atoms with van der Waals surface area (Å²) in [5.74, 6) is -0.0283. The van der Waals surface area contributed by atoms with Gasteiger partial charge in [-0.1, -0.05) is 12.1 Å². The zero-order valence-electron chi connectivity index (χ0n) is 12.0. The van der Waals surface area contributed by atoms with Crippen molar-refractivity contribution >= 4 is 16.9 Å². The SMILES string of the molecule is CCO[C@@H]1CN(C(=O)Cn2cnc3ccccc32)C[C@H]1O. The highest BCUT2D eigenvalue weighted by Gasteiger charge is 2.34. The van der Waals surface area contributed by atoms with Gasteiger partial charge in [0.1, 0.15) is 12.6 Å². The van der Waals surface area contributed by atoms with Crippen LogP contribution in [0.3, 0.4) is 0 Å². The summed E-state index contributed by atoms with van der Waals surface area (Å²) < 4.78 is 7.27. The Hall–Kier alpha value is -1.92. The highest BCUT2D eigenvalue weighted by atomic mass is 16.5. The van der Waals surface area contributed by atoms with Crippen LogP contribution in [0.1, 0.15) is 6.92 Å². The molecule has 2 atom stereocenters. The number of rotatable bonds is 4. The molecule has 1 aromatic carbocycles. The molecule has 2 heterocycles. The van der Waals surface area contributed by atoms with Gasteiger partial charge in [0.2, 0.25) is 5.91 Å². The zero-order valence-corrected chi connectivity index (χ0v) is 12.0. The summed E-state index contributed by atoms with van der Waals surface area (Å²) in [5, 5.41) is 9.90. The number of carbonyl (C=O) groups excluding carboxylic acids is 1. The van der Waals surface area contributed by atoms with Crippen LogP contribution in [0.2, 0.25) is 0 Å². The van der Waals surface area contributed by atoms with Crippen LogP contribution >= 0.6 is 0 Å². The van der Waals surface area contributed by atoms with Crippen LogP contribution in [0.25, 0.3) is 11.0 Å². The van der Waals surface area contributed by atoms with E-state index in [9.17, 15) is 9.90 Å². The van der Waals surface area contributed by atoms with Gasteiger partial charge in [-0.2, -0.15) is 0 Å². The molecule has 0 unspecified atom stereocenters. The van der Waals surface area contributed by atoms with E-state index in [0.717, 1.165) is 11.0 Å². The maximum atomic E-state index is 12.4. The van der Waals surface area contributed by atoms with Gasteiger partial charge in [-0.05, 0) is 19.1 Å². The molecule has 1 fully saturated rings. The number of para-hydroxylation sites is 2. The van der Waals surface area contributed by atoms with Gasteiger partial charge in [-0.25, -0.2) is 4.98 Å². The monoisotopic (exact) mass is 289 g/mol. The van der Waals surface area contributed by atoms with E-state index in [-0.39, 0.29) is 18.6 Å². The minimum atomic E-state index is -0.603. The van der Waals surface area contributed by atoms with E-state index in [0.29, 0.717) is 19.7 Å². The first-order chi connectivity index (χ1) is 10.2. The summed E-state index contributed by atoms with van der Waals surface area (Å²) in [6, 6.07) is 7.71. The van der Waals surface area contributed by atoms with Gasteiger partial charge in [0, 0.05) is 19.7 Å². The number of aromatic nitrogens is 2. The van der Waals surface area contributed by atoms with Crippen LogP contribution in [-0.4, -0.2) is 57.4 Å². The summed E-state index contributed by atoms with van der Waals surface area (Å²) >= 11 is 0. The number of aliphatic hydroxyl groups excluding tert-OH is 1. The minimum absolute atomic E-state index is 0.0283. The Balaban J connectivity index is 1.69. The van der Waals surface area contributed by atoms with Crippen molar-refractivity contribution in [2.45, 2.75) is 25.7 Å². The van der Waals surface area contributed by atoms with Gasteiger partial charge in [0.25, 0.3) is 0 Å². The standard InChI is InChI=1S/C15H19N3O3/c1-2-21-14-8-17(7-13(14)19)15(20)9-18-10-16-11-5-3-4-6-12(11)18/h3-6,10,13-14,19H,2,7-9H2,1H3/t13-,14-/m1/s1. The predicted octanol–water partition coefficient (Wildman–Crippen LogP) is 0.644. The lowest BCUT2D eigenvalue weighted by atomic mass is 10.3. The number of likely N-dealkylation sites (tertiary alicyclic amines) is 1. The van der Waals surface area contributed by atoms with Gasteiger partial charge >= 0.3 is 0 Å². The minimum Gasteiger partial charge on any atom is -0.388 e. The van der Waals surface area contributed by atoms with Crippen LogP contribution in [-0.2, 0) is 16.1 Å². The molecule has 6 nitrogen and oxygen atoms in total. The molecule has 1 aliphatic rings. The Morgan fingerprint density at radius 1 is 1.43 bits per heavy atom. The van der Waals surface area contributed by atoms with Crippen LogP contribution in [0.4, 0.5) is 0 Å². The summed E-state index contributed by atoms with van der Waals surface area (Å²) in [5.41, 5.74) is 1.81. The van der Waals surface area contributed by atoms with Crippen LogP contribution < -0.4 is 0 Å². The first-order valence-corrected chi connectivity index (χ1v) is 7.16. The van der Waals surface area contributed by atoms with E-state index >= 15 is 0 Å². The zero-order chi connectivity index (χ0) is 14.8. The number of carbonyl (C=O) groups is 1. The van der Waals surface area contributed by atoms with Crippen molar-refractivity contribution < 1.29 is 14.6 Å². The lowest BCUT2D eigenvalue weighted by Gasteiger charge is -2.16. The molecule has 1 aromatic heterocycles. The highest BCUT2D eigenvalue weighted by Crippen LogP contribution is 2.16. The fourth-order valence-corrected chi connectivity index (χ4v) is 2.72. The second-order valence-electron chi connectivity index (χ2n) is 5.22. The van der Waals surface area contributed by atoms with Crippen LogP contribution in [0.5, 0.6) is 0 Å². The molecule has 0 aliphatic carbocycles.